The molecule has 0 spiro atoms. The summed E-state index contributed by atoms with van der Waals surface area (Å²) in [4.78, 5) is 37.7. The Morgan fingerprint density at radius 1 is 1.14 bits per heavy atom. The molecule has 0 aliphatic carbocycles. The van der Waals surface area contributed by atoms with E-state index in [4.69, 9.17) is 4.74 Å². The molecule has 1 aromatic rings. The summed E-state index contributed by atoms with van der Waals surface area (Å²) in [5.41, 5.74) is -1.63. The lowest BCUT2D eigenvalue weighted by atomic mass is 9.99. The number of ether oxygens (including phenoxy) is 5. The second kappa shape index (κ2) is 10.6. The highest BCUT2D eigenvalue weighted by Crippen LogP contribution is 2.41. The van der Waals surface area contributed by atoms with Crippen LogP contribution in [0.25, 0.3) is 6.08 Å². The molecule has 17 heteroatoms. The fraction of sp³-hybridized carbons (Fsp3) is 0.444. The van der Waals surface area contributed by atoms with Gasteiger partial charge in [0, 0.05) is 12.5 Å². The van der Waals surface area contributed by atoms with Gasteiger partial charge in [-0.25, -0.2) is 9.59 Å². The molecule has 0 bridgehead atoms. The maximum atomic E-state index is 13.5. The van der Waals surface area contributed by atoms with Crippen LogP contribution in [0.4, 0.5) is 31.1 Å². The van der Waals surface area contributed by atoms with E-state index in [2.05, 4.69) is 23.8 Å². The number of rotatable bonds is 8. The van der Waals surface area contributed by atoms with Crippen LogP contribution >= 0.6 is 0 Å². The molecule has 1 heterocycles. The maximum Gasteiger partial charge on any atom is 0.573 e. The molecule has 0 saturated heterocycles. The number of benzene rings is 1. The summed E-state index contributed by atoms with van der Waals surface area (Å²) in [6.45, 7) is 0.832. The number of hydrogen-bond acceptors (Lipinski definition) is 10. The zero-order chi connectivity index (χ0) is 26.6. The van der Waals surface area contributed by atoms with Gasteiger partial charge in [0.15, 0.2) is 0 Å². The number of carbonyl (C=O) groups excluding carboxylic acids is 2. The smallest absolute Gasteiger partial charge is 0.475 e. The van der Waals surface area contributed by atoms with Crippen molar-refractivity contribution in [3.05, 3.63) is 38.9 Å². The highest BCUT2D eigenvalue weighted by molar-refractivity contribution is 5.96. The number of fused-ring (bicyclic) bond motifs is 1. The third-order valence-corrected chi connectivity index (χ3v) is 3.91. The minimum absolute atomic E-state index is 0.139. The first-order chi connectivity index (χ1) is 16.1. The SMILES string of the molecule is Cc1cc(OC(F)(F)F)cc2c1O[C@H](C(F)(F)F)C(C(=O)OC(C)OC(=O)OCCO[N+](=O)[O-])=C2. The van der Waals surface area contributed by atoms with Crippen LogP contribution in [0.1, 0.15) is 18.1 Å². The van der Waals surface area contributed by atoms with Gasteiger partial charge < -0.3 is 28.5 Å². The summed E-state index contributed by atoms with van der Waals surface area (Å²) in [5, 5.41) is 8.81. The van der Waals surface area contributed by atoms with Crippen LogP contribution in [0, 0.1) is 17.0 Å². The van der Waals surface area contributed by atoms with E-state index in [1.54, 1.807) is 0 Å². The minimum atomic E-state index is -5.14. The first-order valence-electron chi connectivity index (χ1n) is 9.24. The Hall–Kier alpha value is -3.92. The Morgan fingerprint density at radius 2 is 1.80 bits per heavy atom. The van der Waals surface area contributed by atoms with Crippen molar-refractivity contribution in [3.8, 4) is 11.5 Å². The predicted molar refractivity (Wildman–Crippen MR) is 97.2 cm³/mol. The molecule has 2 atom stereocenters. The Balaban J connectivity index is 2.19. The summed E-state index contributed by atoms with van der Waals surface area (Å²) in [6, 6.07) is 1.51. The Kier molecular flexibility index (Phi) is 8.24. The van der Waals surface area contributed by atoms with Crippen molar-refractivity contribution >= 4 is 18.2 Å². The summed E-state index contributed by atoms with van der Waals surface area (Å²) in [6.07, 6.45) is -15.8. The number of carbonyl (C=O) groups is 2. The predicted octanol–water partition coefficient (Wildman–Crippen LogP) is 3.85. The molecule has 2 rings (SSSR count). The molecular weight excluding hydrogens is 504 g/mol. The molecule has 1 aliphatic rings. The molecule has 1 aromatic carbocycles. The van der Waals surface area contributed by atoms with Gasteiger partial charge >= 0.3 is 24.7 Å². The summed E-state index contributed by atoms with van der Waals surface area (Å²) in [5.74, 6) is -2.88. The van der Waals surface area contributed by atoms with Crippen LogP contribution < -0.4 is 9.47 Å². The number of aryl methyl sites for hydroxylation is 1. The zero-order valence-electron chi connectivity index (χ0n) is 17.6. The van der Waals surface area contributed by atoms with Crippen molar-refractivity contribution in [2.75, 3.05) is 13.2 Å². The van der Waals surface area contributed by atoms with E-state index in [1.165, 1.54) is 6.92 Å². The van der Waals surface area contributed by atoms with Gasteiger partial charge in [-0.05, 0) is 30.7 Å². The van der Waals surface area contributed by atoms with Crippen molar-refractivity contribution in [2.24, 2.45) is 0 Å². The first kappa shape index (κ1) is 27.3. The fourth-order valence-corrected chi connectivity index (χ4v) is 2.71. The topological polar surface area (TPSA) is 133 Å². The van der Waals surface area contributed by atoms with Crippen molar-refractivity contribution in [3.63, 3.8) is 0 Å². The number of halogens is 6. The molecule has 1 aliphatic heterocycles. The van der Waals surface area contributed by atoms with Crippen LogP contribution in [-0.4, -0.2) is 55.4 Å². The zero-order valence-corrected chi connectivity index (χ0v) is 17.6. The van der Waals surface area contributed by atoms with Gasteiger partial charge in [-0.15, -0.1) is 23.3 Å². The molecule has 11 nitrogen and oxygen atoms in total. The second-order valence-electron chi connectivity index (χ2n) is 6.59. The van der Waals surface area contributed by atoms with Gasteiger partial charge in [-0.3, -0.25) is 0 Å². The van der Waals surface area contributed by atoms with Crippen molar-refractivity contribution in [1.29, 1.82) is 0 Å². The van der Waals surface area contributed by atoms with E-state index >= 15 is 0 Å². The maximum absolute atomic E-state index is 13.5. The van der Waals surface area contributed by atoms with E-state index in [-0.39, 0.29) is 11.1 Å². The van der Waals surface area contributed by atoms with Crippen LogP contribution in [-0.2, 0) is 23.8 Å². The molecule has 194 valence electrons. The monoisotopic (exact) mass is 519 g/mol. The fourth-order valence-electron chi connectivity index (χ4n) is 2.71. The minimum Gasteiger partial charge on any atom is -0.475 e. The van der Waals surface area contributed by atoms with Crippen LogP contribution in [0.15, 0.2) is 17.7 Å². The van der Waals surface area contributed by atoms with Gasteiger partial charge in [-0.2, -0.15) is 13.2 Å². The second-order valence-corrected chi connectivity index (χ2v) is 6.59. The van der Waals surface area contributed by atoms with Crippen LogP contribution in [0.3, 0.4) is 0 Å². The number of hydrogen-bond donors (Lipinski definition) is 0. The lowest BCUT2D eigenvalue weighted by Gasteiger charge is -2.29. The van der Waals surface area contributed by atoms with Crippen molar-refractivity contribution in [2.45, 2.75) is 38.8 Å². The summed E-state index contributed by atoms with van der Waals surface area (Å²) in [7, 11) is 0. The van der Waals surface area contributed by atoms with E-state index in [0.717, 1.165) is 13.0 Å². The number of esters is 1. The van der Waals surface area contributed by atoms with Gasteiger partial charge in [0.2, 0.25) is 12.4 Å². The van der Waals surface area contributed by atoms with Gasteiger partial charge in [-0.1, -0.05) is 0 Å². The van der Waals surface area contributed by atoms with Gasteiger partial charge in [0.1, 0.15) is 24.7 Å². The third-order valence-electron chi connectivity index (χ3n) is 3.91. The summed E-state index contributed by atoms with van der Waals surface area (Å²) >= 11 is 0. The van der Waals surface area contributed by atoms with E-state index in [1.807, 2.05) is 0 Å². The number of alkyl halides is 6. The quantitative estimate of drug-likeness (QED) is 0.125. The molecule has 0 amide bonds. The average Bonchev–Trinajstić information content (AvgIpc) is 2.68. The number of nitrogens with zero attached hydrogens (tertiary/aromatic N) is 1. The van der Waals surface area contributed by atoms with E-state index in [0.29, 0.717) is 12.1 Å². The van der Waals surface area contributed by atoms with Crippen LogP contribution in [0.2, 0.25) is 0 Å². The molecule has 0 N–H and O–H groups in total. The lowest BCUT2D eigenvalue weighted by molar-refractivity contribution is -0.757. The molecule has 35 heavy (non-hydrogen) atoms. The Labute approximate surface area is 191 Å². The van der Waals surface area contributed by atoms with Crippen molar-refractivity contribution < 1.29 is 69.5 Å². The van der Waals surface area contributed by atoms with E-state index in [9.17, 15) is 46.0 Å². The lowest BCUT2D eigenvalue weighted by Crippen LogP contribution is -2.41. The molecule has 0 fully saturated rings. The largest absolute Gasteiger partial charge is 0.573 e. The molecule has 0 radical (unpaired) electrons. The highest BCUT2D eigenvalue weighted by Gasteiger charge is 2.49. The third kappa shape index (κ3) is 8.11. The Morgan fingerprint density at radius 3 is 2.37 bits per heavy atom. The first-order valence-corrected chi connectivity index (χ1v) is 9.24. The molecule has 0 saturated carbocycles. The van der Waals surface area contributed by atoms with E-state index < -0.39 is 72.4 Å². The van der Waals surface area contributed by atoms with Crippen LogP contribution in [0.5, 0.6) is 11.5 Å². The van der Waals surface area contributed by atoms with Gasteiger partial charge in [0.25, 0.3) is 5.09 Å². The highest BCUT2D eigenvalue weighted by atomic mass is 19.4. The molecular formula is C18H15F6NO10. The summed E-state index contributed by atoms with van der Waals surface area (Å²) < 4.78 is 100. The average molecular weight is 519 g/mol. The van der Waals surface area contributed by atoms with Crippen molar-refractivity contribution in [1.82, 2.24) is 0 Å². The standard InChI is InChI=1S/C18H15F6NO10/c1-8-5-11(35-18(22,23)24)6-10-7-12(14(17(19,20)21)34-13(8)10)15(26)32-9(2)33-16(27)30-3-4-31-25(28)29/h5-7,9,14H,3-4H2,1-2H3/t9?,14-/m0/s1. The molecule has 1 unspecified atom stereocenters. The molecule has 0 aromatic heterocycles. The normalized spacial score (nSPS) is 16.1. The van der Waals surface area contributed by atoms with Gasteiger partial charge in [0.05, 0.1) is 5.57 Å². The Bertz CT molecular complexity index is 1010.